The Morgan fingerprint density at radius 2 is 2.24 bits per heavy atom. The fourth-order valence-corrected chi connectivity index (χ4v) is 3.23. The Labute approximate surface area is 106 Å². The molecule has 4 heteroatoms. The maximum Gasteiger partial charge on any atom is 0.179 e. The molecule has 0 bridgehead atoms. The SMILES string of the molecule is CCC1(n2c(=S)[nH]c3ccc(C)nc32)CCC1. The Morgan fingerprint density at radius 1 is 1.47 bits per heavy atom. The maximum absolute atomic E-state index is 5.48. The van der Waals surface area contributed by atoms with Gasteiger partial charge in [0.05, 0.1) is 5.52 Å². The van der Waals surface area contributed by atoms with E-state index in [1.54, 1.807) is 0 Å². The molecule has 2 heterocycles. The quantitative estimate of drug-likeness (QED) is 0.821. The number of imidazole rings is 1. The Hall–Kier alpha value is -1.16. The minimum Gasteiger partial charge on any atom is -0.329 e. The summed E-state index contributed by atoms with van der Waals surface area (Å²) in [6.45, 7) is 4.27. The molecule has 1 fully saturated rings. The second-order valence-corrected chi connectivity index (χ2v) is 5.41. The molecule has 90 valence electrons. The maximum atomic E-state index is 5.48. The summed E-state index contributed by atoms with van der Waals surface area (Å²) in [4.78, 5) is 7.94. The van der Waals surface area contributed by atoms with Crippen LogP contribution in [0.2, 0.25) is 0 Å². The fourth-order valence-electron chi connectivity index (χ4n) is 2.84. The molecule has 0 amide bonds. The number of hydrogen-bond acceptors (Lipinski definition) is 2. The minimum absolute atomic E-state index is 0.218. The number of pyridine rings is 1. The number of aromatic nitrogens is 3. The van der Waals surface area contributed by atoms with Crippen molar-refractivity contribution in [2.24, 2.45) is 0 Å². The molecule has 0 unspecified atom stereocenters. The molecule has 0 atom stereocenters. The summed E-state index contributed by atoms with van der Waals surface area (Å²) >= 11 is 5.48. The van der Waals surface area contributed by atoms with Crippen molar-refractivity contribution >= 4 is 23.4 Å². The van der Waals surface area contributed by atoms with E-state index in [-0.39, 0.29) is 5.54 Å². The summed E-state index contributed by atoms with van der Waals surface area (Å²) in [5, 5.41) is 0. The van der Waals surface area contributed by atoms with E-state index in [0.29, 0.717) is 0 Å². The van der Waals surface area contributed by atoms with Gasteiger partial charge < -0.3 is 4.98 Å². The standard InChI is InChI=1S/C13H17N3S/c1-3-13(7-4-8-13)16-11-10(15-12(16)17)6-5-9(2)14-11/h5-6H,3-4,7-8H2,1-2H3,(H,15,17). The van der Waals surface area contributed by atoms with Gasteiger partial charge >= 0.3 is 0 Å². The van der Waals surface area contributed by atoms with E-state index in [9.17, 15) is 0 Å². The largest absolute Gasteiger partial charge is 0.329 e. The summed E-state index contributed by atoms with van der Waals surface area (Å²) in [5.74, 6) is 0. The van der Waals surface area contributed by atoms with E-state index in [1.165, 1.54) is 19.3 Å². The number of nitrogens with zero attached hydrogens (tertiary/aromatic N) is 2. The van der Waals surface area contributed by atoms with Gasteiger partial charge in [-0.15, -0.1) is 0 Å². The first-order valence-electron chi connectivity index (χ1n) is 6.25. The molecule has 2 aromatic heterocycles. The van der Waals surface area contributed by atoms with Crippen molar-refractivity contribution in [2.45, 2.75) is 45.1 Å². The molecule has 3 nitrogen and oxygen atoms in total. The lowest BCUT2D eigenvalue weighted by molar-refractivity contribution is 0.139. The van der Waals surface area contributed by atoms with Crippen molar-refractivity contribution in [3.05, 3.63) is 22.6 Å². The van der Waals surface area contributed by atoms with Gasteiger partial charge in [-0.3, -0.25) is 4.57 Å². The van der Waals surface area contributed by atoms with Gasteiger partial charge in [-0.25, -0.2) is 4.98 Å². The monoisotopic (exact) mass is 247 g/mol. The summed E-state index contributed by atoms with van der Waals surface area (Å²) in [5.41, 5.74) is 3.35. The molecule has 0 aromatic carbocycles. The molecule has 0 spiro atoms. The molecular weight excluding hydrogens is 230 g/mol. The average molecular weight is 247 g/mol. The zero-order chi connectivity index (χ0) is 12.0. The fraction of sp³-hybridized carbons (Fsp3) is 0.538. The van der Waals surface area contributed by atoms with E-state index in [1.807, 2.05) is 13.0 Å². The Balaban J connectivity index is 2.31. The molecule has 1 aliphatic rings. The molecule has 0 radical (unpaired) electrons. The van der Waals surface area contributed by atoms with E-state index in [4.69, 9.17) is 12.2 Å². The van der Waals surface area contributed by atoms with Crippen LogP contribution in [-0.2, 0) is 5.54 Å². The van der Waals surface area contributed by atoms with Crippen LogP contribution < -0.4 is 0 Å². The number of hydrogen-bond donors (Lipinski definition) is 1. The normalized spacial score (nSPS) is 18.2. The summed E-state index contributed by atoms with van der Waals surface area (Å²) in [6, 6.07) is 4.10. The van der Waals surface area contributed by atoms with Crippen molar-refractivity contribution in [1.29, 1.82) is 0 Å². The molecule has 17 heavy (non-hydrogen) atoms. The van der Waals surface area contributed by atoms with Crippen molar-refractivity contribution < 1.29 is 0 Å². The summed E-state index contributed by atoms with van der Waals surface area (Å²) in [7, 11) is 0. The predicted octanol–water partition coefficient (Wildman–Crippen LogP) is 3.69. The first-order chi connectivity index (χ1) is 8.16. The van der Waals surface area contributed by atoms with Crippen molar-refractivity contribution in [3.8, 4) is 0 Å². The third-order valence-electron chi connectivity index (χ3n) is 4.09. The van der Waals surface area contributed by atoms with Crippen LogP contribution in [0, 0.1) is 11.7 Å². The van der Waals surface area contributed by atoms with Crippen LogP contribution in [0.1, 0.15) is 38.3 Å². The highest BCUT2D eigenvalue weighted by Gasteiger charge is 2.38. The van der Waals surface area contributed by atoms with Gasteiger partial charge in [0.2, 0.25) is 0 Å². The Bertz CT molecular complexity index is 614. The number of aryl methyl sites for hydroxylation is 1. The molecule has 3 rings (SSSR count). The van der Waals surface area contributed by atoms with Crippen LogP contribution in [0.5, 0.6) is 0 Å². The van der Waals surface area contributed by atoms with Crippen LogP contribution in [0.4, 0.5) is 0 Å². The second kappa shape index (κ2) is 3.67. The molecule has 2 aromatic rings. The Kier molecular flexibility index (Phi) is 2.36. The first kappa shape index (κ1) is 11.0. The van der Waals surface area contributed by atoms with Gasteiger partial charge in [-0.2, -0.15) is 0 Å². The average Bonchev–Trinajstić information content (AvgIpc) is 2.56. The molecular formula is C13H17N3S. The topological polar surface area (TPSA) is 33.6 Å². The summed E-state index contributed by atoms with van der Waals surface area (Å²) < 4.78 is 3.08. The number of H-pyrrole nitrogens is 1. The van der Waals surface area contributed by atoms with Crippen LogP contribution in [0.15, 0.2) is 12.1 Å². The smallest absolute Gasteiger partial charge is 0.179 e. The van der Waals surface area contributed by atoms with Gasteiger partial charge in [0.1, 0.15) is 0 Å². The molecule has 1 N–H and O–H groups in total. The number of aromatic amines is 1. The number of rotatable bonds is 2. The van der Waals surface area contributed by atoms with Crippen LogP contribution in [0.3, 0.4) is 0 Å². The highest BCUT2D eigenvalue weighted by atomic mass is 32.1. The Morgan fingerprint density at radius 3 is 2.82 bits per heavy atom. The van der Waals surface area contributed by atoms with E-state index >= 15 is 0 Å². The van der Waals surface area contributed by atoms with Crippen LogP contribution >= 0.6 is 12.2 Å². The van der Waals surface area contributed by atoms with Gasteiger partial charge in [0.25, 0.3) is 0 Å². The third-order valence-corrected chi connectivity index (χ3v) is 4.37. The van der Waals surface area contributed by atoms with E-state index in [2.05, 4.69) is 27.5 Å². The molecule has 1 saturated carbocycles. The van der Waals surface area contributed by atoms with Gasteiger partial charge in [0, 0.05) is 11.2 Å². The zero-order valence-electron chi connectivity index (χ0n) is 10.3. The van der Waals surface area contributed by atoms with Gasteiger partial charge in [0.15, 0.2) is 10.4 Å². The number of fused-ring (bicyclic) bond motifs is 1. The lowest BCUT2D eigenvalue weighted by atomic mass is 9.74. The lowest BCUT2D eigenvalue weighted by Crippen LogP contribution is -2.40. The van der Waals surface area contributed by atoms with Crippen molar-refractivity contribution in [3.63, 3.8) is 0 Å². The van der Waals surface area contributed by atoms with Crippen molar-refractivity contribution in [1.82, 2.24) is 14.5 Å². The van der Waals surface area contributed by atoms with Crippen molar-refractivity contribution in [2.75, 3.05) is 0 Å². The van der Waals surface area contributed by atoms with Crippen LogP contribution in [-0.4, -0.2) is 14.5 Å². The van der Waals surface area contributed by atoms with E-state index in [0.717, 1.165) is 28.0 Å². The molecule has 1 aliphatic carbocycles. The number of nitrogens with one attached hydrogen (secondary N) is 1. The highest BCUT2D eigenvalue weighted by molar-refractivity contribution is 7.71. The van der Waals surface area contributed by atoms with Gasteiger partial charge in [-0.05, 0) is 57.0 Å². The molecule has 0 saturated heterocycles. The first-order valence-corrected chi connectivity index (χ1v) is 6.66. The predicted molar refractivity (Wildman–Crippen MR) is 71.8 cm³/mol. The third kappa shape index (κ3) is 1.47. The lowest BCUT2D eigenvalue weighted by Gasteiger charge is -2.42. The molecule has 0 aliphatic heterocycles. The summed E-state index contributed by atoms with van der Waals surface area (Å²) in [6.07, 6.45) is 4.87. The highest BCUT2D eigenvalue weighted by Crippen LogP contribution is 2.43. The van der Waals surface area contributed by atoms with Crippen LogP contribution in [0.25, 0.3) is 11.2 Å². The zero-order valence-corrected chi connectivity index (χ0v) is 11.1. The van der Waals surface area contributed by atoms with Gasteiger partial charge in [-0.1, -0.05) is 6.92 Å². The minimum atomic E-state index is 0.218. The van der Waals surface area contributed by atoms with E-state index < -0.39 is 0 Å². The second-order valence-electron chi connectivity index (χ2n) is 5.02.